The standard InChI is InChI=1S/C16H16N2O/c1-18-11-13-4-3-5-14(8-13)15-9-12(10-17)6-7-16(15)19-2/h3-9,18H,11H2,1-2H3. The number of hydrogen-bond acceptors (Lipinski definition) is 3. The summed E-state index contributed by atoms with van der Waals surface area (Å²) in [4.78, 5) is 0. The van der Waals surface area contributed by atoms with Gasteiger partial charge < -0.3 is 10.1 Å². The van der Waals surface area contributed by atoms with Crippen LogP contribution in [0.15, 0.2) is 42.5 Å². The molecule has 0 atom stereocenters. The monoisotopic (exact) mass is 252 g/mol. The number of nitriles is 1. The molecule has 96 valence electrons. The molecule has 0 bridgehead atoms. The average molecular weight is 252 g/mol. The van der Waals surface area contributed by atoms with E-state index in [1.165, 1.54) is 5.56 Å². The fourth-order valence-corrected chi connectivity index (χ4v) is 2.06. The molecular formula is C16H16N2O. The van der Waals surface area contributed by atoms with Crippen LogP contribution in [0.2, 0.25) is 0 Å². The summed E-state index contributed by atoms with van der Waals surface area (Å²) in [6.07, 6.45) is 0. The van der Waals surface area contributed by atoms with Gasteiger partial charge in [0.25, 0.3) is 0 Å². The van der Waals surface area contributed by atoms with E-state index >= 15 is 0 Å². The smallest absolute Gasteiger partial charge is 0.126 e. The van der Waals surface area contributed by atoms with Gasteiger partial charge in [0, 0.05) is 12.1 Å². The second-order valence-electron chi connectivity index (χ2n) is 4.26. The van der Waals surface area contributed by atoms with Gasteiger partial charge >= 0.3 is 0 Å². The normalized spacial score (nSPS) is 9.95. The van der Waals surface area contributed by atoms with Crippen molar-refractivity contribution in [3.05, 3.63) is 53.6 Å². The fraction of sp³-hybridized carbons (Fsp3) is 0.188. The molecule has 0 fully saturated rings. The summed E-state index contributed by atoms with van der Waals surface area (Å²) in [5, 5.41) is 12.1. The van der Waals surface area contributed by atoms with Crippen molar-refractivity contribution in [1.82, 2.24) is 5.32 Å². The van der Waals surface area contributed by atoms with Crippen LogP contribution in [0.25, 0.3) is 11.1 Å². The number of rotatable bonds is 4. The molecule has 19 heavy (non-hydrogen) atoms. The molecule has 2 aromatic carbocycles. The van der Waals surface area contributed by atoms with Gasteiger partial charge in [-0.2, -0.15) is 5.26 Å². The fourth-order valence-electron chi connectivity index (χ4n) is 2.06. The lowest BCUT2D eigenvalue weighted by Crippen LogP contribution is -2.04. The van der Waals surface area contributed by atoms with Crippen LogP contribution in [-0.4, -0.2) is 14.2 Å². The molecule has 0 amide bonds. The largest absolute Gasteiger partial charge is 0.496 e. The molecule has 0 unspecified atom stereocenters. The van der Waals surface area contributed by atoms with Crippen molar-refractivity contribution in [2.45, 2.75) is 6.54 Å². The van der Waals surface area contributed by atoms with E-state index in [9.17, 15) is 0 Å². The molecule has 0 aromatic heterocycles. The van der Waals surface area contributed by atoms with Gasteiger partial charge in [-0.15, -0.1) is 0 Å². The van der Waals surface area contributed by atoms with E-state index in [0.29, 0.717) is 5.56 Å². The summed E-state index contributed by atoms with van der Waals surface area (Å²) in [5.41, 5.74) is 3.83. The quantitative estimate of drug-likeness (QED) is 0.910. The van der Waals surface area contributed by atoms with Gasteiger partial charge in [0.1, 0.15) is 5.75 Å². The average Bonchev–Trinajstić information content (AvgIpc) is 2.47. The Morgan fingerprint density at radius 3 is 2.74 bits per heavy atom. The van der Waals surface area contributed by atoms with Gasteiger partial charge in [-0.05, 0) is 42.4 Å². The zero-order valence-electron chi connectivity index (χ0n) is 11.1. The van der Waals surface area contributed by atoms with Crippen LogP contribution in [0.3, 0.4) is 0 Å². The van der Waals surface area contributed by atoms with Gasteiger partial charge in [-0.25, -0.2) is 0 Å². The molecule has 2 rings (SSSR count). The number of ether oxygens (including phenoxy) is 1. The second-order valence-corrected chi connectivity index (χ2v) is 4.26. The molecule has 2 aromatic rings. The molecule has 0 aliphatic heterocycles. The maximum absolute atomic E-state index is 9.01. The Labute approximate surface area is 113 Å². The topological polar surface area (TPSA) is 45.0 Å². The molecular weight excluding hydrogens is 236 g/mol. The lowest BCUT2D eigenvalue weighted by atomic mass is 10.00. The molecule has 0 aliphatic carbocycles. The van der Waals surface area contributed by atoms with E-state index in [4.69, 9.17) is 10.00 Å². The third-order valence-electron chi connectivity index (χ3n) is 2.95. The van der Waals surface area contributed by atoms with Crippen LogP contribution >= 0.6 is 0 Å². The van der Waals surface area contributed by atoms with Gasteiger partial charge in [0.15, 0.2) is 0 Å². The van der Waals surface area contributed by atoms with Gasteiger partial charge in [0.05, 0.1) is 18.7 Å². The minimum atomic E-state index is 0.634. The van der Waals surface area contributed by atoms with Crippen LogP contribution in [0, 0.1) is 11.3 Å². The zero-order chi connectivity index (χ0) is 13.7. The minimum Gasteiger partial charge on any atom is -0.496 e. The molecule has 0 spiro atoms. The highest BCUT2D eigenvalue weighted by atomic mass is 16.5. The van der Waals surface area contributed by atoms with E-state index in [2.05, 4.69) is 23.5 Å². The van der Waals surface area contributed by atoms with Crippen LogP contribution in [0.4, 0.5) is 0 Å². The van der Waals surface area contributed by atoms with Crippen LogP contribution in [-0.2, 0) is 6.54 Å². The van der Waals surface area contributed by atoms with Crippen LogP contribution in [0.1, 0.15) is 11.1 Å². The number of benzene rings is 2. The third-order valence-corrected chi connectivity index (χ3v) is 2.95. The van der Waals surface area contributed by atoms with Gasteiger partial charge in [-0.1, -0.05) is 18.2 Å². The van der Waals surface area contributed by atoms with E-state index in [-0.39, 0.29) is 0 Å². The predicted molar refractivity (Wildman–Crippen MR) is 75.9 cm³/mol. The first-order chi connectivity index (χ1) is 9.28. The molecule has 3 heteroatoms. The summed E-state index contributed by atoms with van der Waals surface area (Å²) in [7, 11) is 3.56. The molecule has 0 aliphatic rings. The van der Waals surface area contributed by atoms with Crippen molar-refractivity contribution >= 4 is 0 Å². The first-order valence-electron chi connectivity index (χ1n) is 6.10. The van der Waals surface area contributed by atoms with Crippen molar-refractivity contribution in [2.24, 2.45) is 0 Å². The van der Waals surface area contributed by atoms with E-state index in [1.54, 1.807) is 13.2 Å². The molecule has 0 radical (unpaired) electrons. The Kier molecular flexibility index (Phi) is 4.17. The number of hydrogen-bond donors (Lipinski definition) is 1. The zero-order valence-corrected chi connectivity index (χ0v) is 11.1. The molecule has 0 saturated heterocycles. The van der Waals surface area contributed by atoms with E-state index < -0.39 is 0 Å². The molecule has 0 saturated carbocycles. The highest BCUT2D eigenvalue weighted by Gasteiger charge is 2.07. The minimum absolute atomic E-state index is 0.634. The first-order valence-corrected chi connectivity index (χ1v) is 6.10. The first kappa shape index (κ1) is 13.1. The highest BCUT2D eigenvalue weighted by molar-refractivity contribution is 5.72. The van der Waals surface area contributed by atoms with Crippen molar-refractivity contribution in [2.75, 3.05) is 14.2 Å². The van der Waals surface area contributed by atoms with Crippen molar-refractivity contribution in [3.8, 4) is 22.9 Å². The predicted octanol–water partition coefficient (Wildman–Crippen LogP) is 2.95. The van der Waals surface area contributed by atoms with Gasteiger partial charge in [0.2, 0.25) is 0 Å². The molecule has 0 heterocycles. The van der Waals surface area contributed by atoms with Crippen LogP contribution in [0.5, 0.6) is 5.75 Å². The summed E-state index contributed by atoms with van der Waals surface area (Å²) >= 11 is 0. The van der Waals surface area contributed by atoms with E-state index in [1.807, 2.05) is 31.3 Å². The Bertz CT molecular complexity index is 614. The Balaban J connectivity index is 2.50. The van der Waals surface area contributed by atoms with Gasteiger partial charge in [-0.3, -0.25) is 0 Å². The maximum Gasteiger partial charge on any atom is 0.126 e. The summed E-state index contributed by atoms with van der Waals surface area (Å²) in [6.45, 7) is 0.814. The lowest BCUT2D eigenvalue weighted by Gasteiger charge is -2.10. The SMILES string of the molecule is CNCc1cccc(-c2cc(C#N)ccc2OC)c1. The van der Waals surface area contributed by atoms with Crippen molar-refractivity contribution < 1.29 is 4.74 Å². The Morgan fingerprint density at radius 1 is 1.21 bits per heavy atom. The summed E-state index contributed by atoms with van der Waals surface area (Å²) in [5.74, 6) is 0.778. The summed E-state index contributed by atoms with van der Waals surface area (Å²) < 4.78 is 5.37. The maximum atomic E-state index is 9.01. The summed E-state index contributed by atoms with van der Waals surface area (Å²) in [6, 6.07) is 15.8. The lowest BCUT2D eigenvalue weighted by molar-refractivity contribution is 0.416. The van der Waals surface area contributed by atoms with Crippen LogP contribution < -0.4 is 10.1 Å². The Hall–Kier alpha value is -2.31. The number of nitrogens with one attached hydrogen (secondary N) is 1. The number of methoxy groups -OCH3 is 1. The second kappa shape index (κ2) is 6.03. The molecule has 3 nitrogen and oxygen atoms in total. The Morgan fingerprint density at radius 2 is 2.05 bits per heavy atom. The molecule has 1 N–H and O–H groups in total. The number of nitrogens with zero attached hydrogens (tertiary/aromatic N) is 1. The van der Waals surface area contributed by atoms with Crippen molar-refractivity contribution in [3.63, 3.8) is 0 Å². The van der Waals surface area contributed by atoms with E-state index in [0.717, 1.165) is 23.4 Å². The third kappa shape index (κ3) is 2.93. The highest BCUT2D eigenvalue weighted by Crippen LogP contribution is 2.31. The van der Waals surface area contributed by atoms with Crippen molar-refractivity contribution in [1.29, 1.82) is 5.26 Å².